The Balaban J connectivity index is 1.33. The Hall–Kier alpha value is -4.94. The van der Waals surface area contributed by atoms with Gasteiger partial charge in [0.2, 0.25) is 0 Å². The highest BCUT2D eigenvalue weighted by atomic mass is 28.3. The lowest BCUT2D eigenvalue weighted by Crippen LogP contribution is -2.72. The van der Waals surface area contributed by atoms with E-state index in [9.17, 15) is 20.0 Å². The maximum Gasteiger partial charge on any atom is 0.410 e. The number of nitriles is 1. The molecule has 2 aliphatic heterocycles. The quantitative estimate of drug-likeness (QED) is 0.235. The summed E-state index contributed by atoms with van der Waals surface area (Å²) in [4.78, 5) is 35.3. The van der Waals surface area contributed by atoms with Gasteiger partial charge in [-0.3, -0.25) is 9.58 Å². The third kappa shape index (κ3) is 6.90. The molecule has 0 bridgehead atoms. The molecule has 2 amide bonds. The van der Waals surface area contributed by atoms with E-state index in [2.05, 4.69) is 46.1 Å². The molecule has 6 rings (SSSR count). The summed E-state index contributed by atoms with van der Waals surface area (Å²) in [6.45, 7) is 12.8. The Labute approximate surface area is 292 Å². The summed E-state index contributed by atoms with van der Waals surface area (Å²) in [7, 11) is 0.414. The number of aryl methyl sites for hydroxylation is 1. The van der Waals surface area contributed by atoms with Crippen molar-refractivity contribution in [3.8, 4) is 28.3 Å². The lowest BCUT2D eigenvalue weighted by Gasteiger charge is -2.52. The fourth-order valence-electron chi connectivity index (χ4n) is 6.85. The number of ether oxygens (including phenoxy) is 2. The Bertz CT molecular complexity index is 1940. The standard InChI is InChI=1S/C35H45N9O5Si/c1-34(2,3)49-33(47)43-22-35(10-11-45,40-32(46)48-12-13-50(5,6)7)31-28(43)21-42(31)29-9-8-23(16-37-29)27-14-24(26-18-38-41(4)19-26)20-44-30(27)25(15-36)17-39-44/h8-9,14,16-20,28,31,45H,10-13,21-22H2,1-7H3,(H,40,46)/t28-,31+,35?/m0/s1. The first-order valence-corrected chi connectivity index (χ1v) is 20.5. The number of amides is 2. The van der Waals surface area contributed by atoms with Crippen molar-refractivity contribution in [2.24, 2.45) is 7.05 Å². The molecule has 2 fully saturated rings. The highest BCUT2D eigenvalue weighted by Gasteiger charge is 2.63. The number of carbonyl (C=O) groups excluding carboxylic acids is 2. The van der Waals surface area contributed by atoms with Crippen LogP contribution in [-0.4, -0.2) is 104 Å². The van der Waals surface area contributed by atoms with Crippen LogP contribution < -0.4 is 10.2 Å². The second-order valence-electron chi connectivity index (χ2n) is 15.4. The van der Waals surface area contributed by atoms with E-state index in [4.69, 9.17) is 14.5 Å². The third-order valence-electron chi connectivity index (χ3n) is 9.25. The molecule has 50 heavy (non-hydrogen) atoms. The second-order valence-corrected chi connectivity index (χ2v) is 21.0. The number of hydrogen-bond acceptors (Lipinski definition) is 10. The first-order chi connectivity index (χ1) is 23.6. The molecule has 1 unspecified atom stereocenters. The highest BCUT2D eigenvalue weighted by molar-refractivity contribution is 6.76. The van der Waals surface area contributed by atoms with E-state index >= 15 is 0 Å². The Morgan fingerprint density at radius 1 is 1.12 bits per heavy atom. The van der Waals surface area contributed by atoms with Crippen LogP contribution in [0.3, 0.4) is 0 Å². The average Bonchev–Trinajstić information content (AvgIpc) is 3.70. The number of nitrogens with zero attached hydrogens (tertiary/aromatic N) is 8. The summed E-state index contributed by atoms with van der Waals surface area (Å²) in [5.41, 5.74) is 2.74. The van der Waals surface area contributed by atoms with Gasteiger partial charge >= 0.3 is 12.2 Å². The van der Waals surface area contributed by atoms with Gasteiger partial charge in [0.15, 0.2) is 0 Å². The van der Waals surface area contributed by atoms with E-state index in [1.165, 1.54) is 0 Å². The second kappa shape index (κ2) is 13.1. The van der Waals surface area contributed by atoms with Gasteiger partial charge in [-0.05, 0) is 51.4 Å². The number of anilines is 1. The minimum atomic E-state index is -1.44. The van der Waals surface area contributed by atoms with Gasteiger partial charge in [0.05, 0.1) is 47.7 Å². The summed E-state index contributed by atoms with van der Waals surface area (Å²) >= 11 is 0. The molecule has 15 heteroatoms. The lowest BCUT2D eigenvalue weighted by atomic mass is 9.80. The van der Waals surface area contributed by atoms with E-state index < -0.39 is 37.4 Å². The lowest BCUT2D eigenvalue weighted by molar-refractivity contribution is 0.0190. The summed E-state index contributed by atoms with van der Waals surface area (Å²) in [6, 6.07) is 8.22. The van der Waals surface area contributed by atoms with Crippen molar-refractivity contribution < 1.29 is 24.2 Å². The number of fused-ring (bicyclic) bond motifs is 2. The van der Waals surface area contributed by atoms with Crippen molar-refractivity contribution in [1.82, 2.24) is 34.6 Å². The average molecular weight is 700 g/mol. The van der Waals surface area contributed by atoms with Crippen molar-refractivity contribution in [2.75, 3.05) is 31.2 Å². The van der Waals surface area contributed by atoms with E-state index in [0.29, 0.717) is 30.0 Å². The monoisotopic (exact) mass is 699 g/mol. The van der Waals surface area contributed by atoms with Crippen LogP contribution >= 0.6 is 0 Å². The van der Waals surface area contributed by atoms with Gasteiger partial charge in [0, 0.05) is 75.7 Å². The summed E-state index contributed by atoms with van der Waals surface area (Å²) in [5, 5.41) is 32.0. The van der Waals surface area contributed by atoms with Crippen molar-refractivity contribution >= 4 is 31.6 Å². The zero-order valence-electron chi connectivity index (χ0n) is 29.7. The number of carbonyl (C=O) groups is 2. The Kier molecular flexibility index (Phi) is 9.12. The molecule has 4 aromatic rings. The molecule has 0 aromatic carbocycles. The molecule has 2 aliphatic rings. The molecular formula is C35H45N9O5Si. The zero-order chi connectivity index (χ0) is 36.0. The van der Waals surface area contributed by atoms with Gasteiger partial charge in [0.1, 0.15) is 17.5 Å². The number of aliphatic hydroxyl groups excluding tert-OH is 1. The predicted molar refractivity (Wildman–Crippen MR) is 190 cm³/mol. The molecule has 264 valence electrons. The molecule has 2 N–H and O–H groups in total. The molecule has 3 atom stereocenters. The molecule has 14 nitrogen and oxygen atoms in total. The topological polar surface area (TPSA) is 163 Å². The minimum absolute atomic E-state index is 0.146. The Morgan fingerprint density at radius 2 is 1.90 bits per heavy atom. The van der Waals surface area contributed by atoms with Crippen molar-refractivity contribution in [1.29, 1.82) is 5.26 Å². The fraction of sp³-hybridized carbons (Fsp3) is 0.486. The molecule has 6 heterocycles. The molecule has 0 aliphatic carbocycles. The molecular weight excluding hydrogens is 655 g/mol. The number of hydrogen-bond donors (Lipinski definition) is 2. The molecule has 0 radical (unpaired) electrons. The van der Waals surface area contributed by atoms with Gasteiger partial charge in [-0.1, -0.05) is 19.6 Å². The maximum absolute atomic E-state index is 13.5. The number of aliphatic hydroxyl groups is 1. The van der Waals surface area contributed by atoms with Crippen LogP contribution in [0.1, 0.15) is 32.8 Å². The first-order valence-electron chi connectivity index (χ1n) is 16.8. The Morgan fingerprint density at radius 3 is 2.52 bits per heavy atom. The van der Waals surface area contributed by atoms with Gasteiger partial charge in [-0.15, -0.1) is 0 Å². The number of nitrogens with one attached hydrogen (secondary N) is 1. The number of aromatic nitrogens is 5. The normalized spacial score (nSPS) is 20.3. The van der Waals surface area contributed by atoms with E-state index in [1.807, 2.05) is 58.4 Å². The van der Waals surface area contributed by atoms with Crippen molar-refractivity contribution in [2.45, 2.75) is 76.1 Å². The minimum Gasteiger partial charge on any atom is -0.450 e. The van der Waals surface area contributed by atoms with Crippen LogP contribution in [0.15, 0.2) is 49.2 Å². The fourth-order valence-corrected chi connectivity index (χ4v) is 7.56. The van der Waals surface area contributed by atoms with Gasteiger partial charge in [0.25, 0.3) is 0 Å². The predicted octanol–water partition coefficient (Wildman–Crippen LogP) is 4.66. The van der Waals surface area contributed by atoms with Gasteiger partial charge in [-0.2, -0.15) is 15.5 Å². The third-order valence-corrected chi connectivity index (χ3v) is 11.0. The number of rotatable bonds is 9. The zero-order valence-corrected chi connectivity index (χ0v) is 30.7. The van der Waals surface area contributed by atoms with Crippen LogP contribution in [0.2, 0.25) is 25.7 Å². The van der Waals surface area contributed by atoms with Crippen molar-refractivity contribution in [3.63, 3.8) is 0 Å². The number of alkyl carbamates (subject to hydrolysis) is 1. The molecule has 2 saturated heterocycles. The number of pyridine rings is 2. The smallest absolute Gasteiger partial charge is 0.410 e. The van der Waals surface area contributed by atoms with Crippen LogP contribution in [0, 0.1) is 11.3 Å². The largest absolute Gasteiger partial charge is 0.450 e. The summed E-state index contributed by atoms with van der Waals surface area (Å²) in [5.74, 6) is 0.644. The van der Waals surface area contributed by atoms with Crippen LogP contribution in [-0.2, 0) is 16.5 Å². The SMILES string of the molecule is Cn1cc(-c2cc(-c3ccc(N4C[C@H]5[C@@H]4C(CCO)(NC(=O)OCC[Si](C)(C)C)CN5C(=O)OC(C)(C)C)nc3)c3c(C#N)cnn3c2)cn1. The van der Waals surface area contributed by atoms with Crippen LogP contribution in [0.5, 0.6) is 0 Å². The summed E-state index contributed by atoms with van der Waals surface area (Å²) in [6.07, 6.45) is 8.01. The summed E-state index contributed by atoms with van der Waals surface area (Å²) < 4.78 is 14.8. The van der Waals surface area contributed by atoms with E-state index in [1.54, 1.807) is 32.7 Å². The van der Waals surface area contributed by atoms with Gasteiger partial charge in [-0.25, -0.2) is 19.1 Å². The molecule has 0 saturated carbocycles. The maximum atomic E-state index is 13.5. The van der Waals surface area contributed by atoms with Crippen molar-refractivity contribution in [3.05, 3.63) is 54.7 Å². The number of likely N-dealkylation sites (tertiary alicyclic amines) is 1. The first kappa shape index (κ1) is 34.9. The van der Waals surface area contributed by atoms with E-state index in [-0.39, 0.29) is 25.6 Å². The van der Waals surface area contributed by atoms with Gasteiger partial charge < -0.3 is 24.8 Å². The molecule has 4 aromatic heterocycles. The van der Waals surface area contributed by atoms with Crippen LogP contribution in [0.25, 0.3) is 27.8 Å². The van der Waals surface area contributed by atoms with Crippen LogP contribution in [0.4, 0.5) is 15.4 Å². The highest BCUT2D eigenvalue weighted by Crippen LogP contribution is 2.44. The molecule has 0 spiro atoms. The van der Waals surface area contributed by atoms with E-state index in [0.717, 1.165) is 28.3 Å².